The van der Waals surface area contributed by atoms with Gasteiger partial charge >= 0.3 is 0 Å². The van der Waals surface area contributed by atoms with E-state index in [4.69, 9.17) is 9.47 Å². The van der Waals surface area contributed by atoms with E-state index in [1.807, 2.05) is 26.8 Å². The van der Waals surface area contributed by atoms with Crippen molar-refractivity contribution < 1.29 is 24.2 Å². The topological polar surface area (TPSA) is 76.1 Å². The van der Waals surface area contributed by atoms with Gasteiger partial charge in [-0.3, -0.25) is 9.59 Å². The van der Waals surface area contributed by atoms with Crippen molar-refractivity contribution in [2.24, 2.45) is 0 Å². The number of rotatable bonds is 8. The van der Waals surface area contributed by atoms with Gasteiger partial charge in [0.2, 0.25) is 0 Å². The molecule has 0 atom stereocenters. The van der Waals surface area contributed by atoms with Crippen LogP contribution in [0.2, 0.25) is 0 Å². The van der Waals surface area contributed by atoms with Crippen LogP contribution in [0.15, 0.2) is 47.4 Å². The van der Waals surface area contributed by atoms with Crippen LogP contribution < -0.4 is 14.4 Å². The molecule has 3 rings (SSSR count). The van der Waals surface area contributed by atoms with E-state index in [9.17, 15) is 14.7 Å². The van der Waals surface area contributed by atoms with E-state index in [0.717, 1.165) is 10.5 Å². The number of thioether (sulfide) groups is 1. The second kappa shape index (κ2) is 9.36. The monoisotopic (exact) mass is 427 g/mol. The zero-order valence-corrected chi connectivity index (χ0v) is 18.3. The van der Waals surface area contributed by atoms with Crippen molar-refractivity contribution in [2.45, 2.75) is 26.9 Å². The normalized spacial score (nSPS) is 14.1. The summed E-state index contributed by atoms with van der Waals surface area (Å²) in [6.45, 7) is 5.66. The highest BCUT2D eigenvalue weighted by Crippen LogP contribution is 2.41. The summed E-state index contributed by atoms with van der Waals surface area (Å²) in [5, 5.41) is 9.27. The van der Waals surface area contributed by atoms with Crippen LogP contribution >= 0.6 is 11.8 Å². The molecule has 7 heteroatoms. The van der Waals surface area contributed by atoms with Gasteiger partial charge in [-0.2, -0.15) is 0 Å². The number of nitrogens with zero attached hydrogens (tertiary/aromatic N) is 1. The van der Waals surface area contributed by atoms with E-state index < -0.39 is 11.8 Å². The van der Waals surface area contributed by atoms with Gasteiger partial charge in [-0.05, 0) is 56.2 Å². The number of anilines is 1. The molecule has 2 aromatic rings. The van der Waals surface area contributed by atoms with Crippen LogP contribution in [0.4, 0.5) is 5.69 Å². The lowest BCUT2D eigenvalue weighted by molar-refractivity contribution is -0.119. The van der Waals surface area contributed by atoms with Gasteiger partial charge in [0.25, 0.3) is 11.8 Å². The molecule has 0 spiro atoms. The van der Waals surface area contributed by atoms with E-state index >= 15 is 0 Å². The predicted molar refractivity (Wildman–Crippen MR) is 119 cm³/mol. The highest BCUT2D eigenvalue weighted by molar-refractivity contribution is 8.04. The summed E-state index contributed by atoms with van der Waals surface area (Å²) >= 11 is 1.18. The largest absolute Gasteiger partial charge is 0.495 e. The number of aliphatic hydroxyl groups is 1. The van der Waals surface area contributed by atoms with Crippen molar-refractivity contribution in [2.75, 3.05) is 24.4 Å². The van der Waals surface area contributed by atoms with Crippen molar-refractivity contribution in [1.29, 1.82) is 0 Å². The van der Waals surface area contributed by atoms with E-state index in [0.29, 0.717) is 39.0 Å². The summed E-state index contributed by atoms with van der Waals surface area (Å²) in [4.78, 5) is 28.1. The van der Waals surface area contributed by atoms with Crippen molar-refractivity contribution in [3.05, 3.63) is 58.5 Å². The molecule has 2 amide bonds. The van der Waals surface area contributed by atoms with Gasteiger partial charge in [0, 0.05) is 5.75 Å². The Morgan fingerprint density at radius 1 is 1.07 bits per heavy atom. The molecular formula is C23H25NO5S. The maximum absolute atomic E-state index is 13.4. The minimum Gasteiger partial charge on any atom is -0.495 e. The minimum absolute atomic E-state index is 0.0321. The third kappa shape index (κ3) is 4.37. The average Bonchev–Trinajstić information content (AvgIpc) is 2.96. The molecule has 0 radical (unpaired) electrons. The Hall–Kier alpha value is -2.77. The van der Waals surface area contributed by atoms with E-state index in [1.165, 1.54) is 18.9 Å². The first-order valence-corrected chi connectivity index (χ1v) is 10.6. The summed E-state index contributed by atoms with van der Waals surface area (Å²) in [5.74, 6) is 0.607. The molecule has 6 nitrogen and oxygen atoms in total. The molecular weight excluding hydrogens is 402 g/mol. The average molecular weight is 428 g/mol. The Labute approximate surface area is 180 Å². The lowest BCUT2D eigenvalue weighted by Gasteiger charge is -2.19. The quantitative estimate of drug-likeness (QED) is 0.646. The Bertz CT molecular complexity index is 982. The first kappa shape index (κ1) is 21.9. The molecule has 0 aromatic heterocycles. The number of aryl methyl sites for hydroxylation is 1. The molecule has 0 saturated carbocycles. The summed E-state index contributed by atoms with van der Waals surface area (Å²) in [6.07, 6.45) is 0.0321. The van der Waals surface area contributed by atoms with E-state index in [-0.39, 0.29) is 12.7 Å². The van der Waals surface area contributed by atoms with Gasteiger partial charge in [-0.1, -0.05) is 18.2 Å². The molecule has 1 aliphatic heterocycles. The van der Waals surface area contributed by atoms with E-state index in [1.54, 1.807) is 36.4 Å². The number of hydrogen-bond acceptors (Lipinski definition) is 6. The minimum atomic E-state index is -0.417. The van der Waals surface area contributed by atoms with Crippen molar-refractivity contribution >= 4 is 34.8 Å². The maximum atomic E-state index is 13.4. The standard InChI is InChI=1S/C23H25NO5S/c1-14(2)29-17-8-6-16(7-9-17)20-21(30-12-11-25)23(27)24(22(20)26)18-13-15(3)5-10-19(18)28-4/h5-10,13-14,25H,11-12H2,1-4H3. The molecule has 0 aliphatic carbocycles. The van der Waals surface area contributed by atoms with Crippen LogP contribution in [0.5, 0.6) is 11.5 Å². The first-order valence-electron chi connectivity index (χ1n) is 9.65. The first-order chi connectivity index (χ1) is 14.4. The Morgan fingerprint density at radius 2 is 1.77 bits per heavy atom. The molecule has 1 N–H and O–H groups in total. The van der Waals surface area contributed by atoms with Crippen LogP contribution in [0.3, 0.4) is 0 Å². The van der Waals surface area contributed by atoms with Gasteiger partial charge in [-0.15, -0.1) is 11.8 Å². The number of hydrogen-bond donors (Lipinski definition) is 1. The van der Waals surface area contributed by atoms with Crippen molar-refractivity contribution in [3.63, 3.8) is 0 Å². The lowest BCUT2D eigenvalue weighted by Crippen LogP contribution is -2.31. The molecule has 30 heavy (non-hydrogen) atoms. The van der Waals surface area contributed by atoms with E-state index in [2.05, 4.69) is 0 Å². The van der Waals surface area contributed by atoms with Crippen LogP contribution in [0, 0.1) is 6.92 Å². The summed E-state index contributed by atoms with van der Waals surface area (Å²) in [7, 11) is 1.50. The van der Waals surface area contributed by atoms with Gasteiger partial charge < -0.3 is 14.6 Å². The predicted octanol–water partition coefficient (Wildman–Crippen LogP) is 3.80. The van der Waals surface area contributed by atoms with Crippen molar-refractivity contribution in [1.82, 2.24) is 0 Å². The Balaban J connectivity index is 2.05. The highest BCUT2D eigenvalue weighted by Gasteiger charge is 2.41. The Kier molecular flexibility index (Phi) is 6.84. The molecule has 1 aliphatic rings. The SMILES string of the molecule is COc1ccc(C)cc1N1C(=O)C(SCCO)=C(c2ccc(OC(C)C)cc2)C1=O. The third-order valence-electron chi connectivity index (χ3n) is 4.47. The molecule has 0 unspecified atom stereocenters. The second-order valence-corrected chi connectivity index (χ2v) is 8.19. The fourth-order valence-corrected chi connectivity index (χ4v) is 4.07. The number of carbonyl (C=O) groups is 2. The third-order valence-corrected chi connectivity index (χ3v) is 5.52. The summed E-state index contributed by atoms with van der Waals surface area (Å²) in [6, 6.07) is 12.5. The van der Waals surface area contributed by atoms with Crippen LogP contribution in [-0.2, 0) is 9.59 Å². The zero-order valence-electron chi connectivity index (χ0n) is 17.5. The van der Waals surface area contributed by atoms with Crippen molar-refractivity contribution in [3.8, 4) is 11.5 Å². The molecule has 158 valence electrons. The number of aliphatic hydroxyl groups excluding tert-OH is 1. The molecule has 0 bridgehead atoms. The summed E-state index contributed by atoms with van der Waals surface area (Å²) < 4.78 is 11.1. The fourth-order valence-electron chi connectivity index (χ4n) is 3.21. The maximum Gasteiger partial charge on any atom is 0.272 e. The van der Waals surface area contributed by atoms with Gasteiger partial charge in [-0.25, -0.2) is 4.90 Å². The molecule has 0 saturated heterocycles. The fraction of sp³-hybridized carbons (Fsp3) is 0.304. The smallest absolute Gasteiger partial charge is 0.272 e. The number of benzene rings is 2. The van der Waals surface area contributed by atoms with Gasteiger partial charge in [0.15, 0.2) is 0 Å². The van der Waals surface area contributed by atoms with Crippen LogP contribution in [0.25, 0.3) is 5.57 Å². The van der Waals surface area contributed by atoms with Crippen LogP contribution in [0.1, 0.15) is 25.0 Å². The van der Waals surface area contributed by atoms with Crippen LogP contribution in [-0.4, -0.2) is 42.5 Å². The molecule has 2 aromatic carbocycles. The Morgan fingerprint density at radius 3 is 2.37 bits per heavy atom. The summed E-state index contributed by atoms with van der Waals surface area (Å²) in [5.41, 5.74) is 2.25. The molecule has 1 heterocycles. The van der Waals surface area contributed by atoms with Gasteiger partial charge in [0.1, 0.15) is 11.5 Å². The second-order valence-electron chi connectivity index (χ2n) is 7.09. The lowest BCUT2D eigenvalue weighted by atomic mass is 10.1. The molecule has 0 fully saturated rings. The van der Waals surface area contributed by atoms with Gasteiger partial charge in [0.05, 0.1) is 36.0 Å². The number of amides is 2. The number of methoxy groups -OCH3 is 1. The zero-order chi connectivity index (χ0) is 21.8. The highest BCUT2D eigenvalue weighted by atomic mass is 32.2. The number of carbonyl (C=O) groups excluding carboxylic acids is 2. The number of ether oxygens (including phenoxy) is 2. The number of imide groups is 1.